The van der Waals surface area contributed by atoms with Gasteiger partial charge in [-0.2, -0.15) is 0 Å². The summed E-state index contributed by atoms with van der Waals surface area (Å²) in [7, 11) is 0. The number of nitrogens with one attached hydrogen (secondary N) is 1. The maximum Gasteiger partial charge on any atom is 0.110 e. The minimum absolute atomic E-state index is 0.223. The molecular formula is C9H15BrN2OS. The second-order valence-corrected chi connectivity index (χ2v) is 5.86. The highest BCUT2D eigenvalue weighted by molar-refractivity contribution is 9.11. The van der Waals surface area contributed by atoms with Crippen molar-refractivity contribution in [3.05, 3.63) is 15.0 Å². The molecule has 1 rings (SSSR count). The van der Waals surface area contributed by atoms with E-state index in [0.717, 1.165) is 15.3 Å². The zero-order chi connectivity index (χ0) is 10.6. The van der Waals surface area contributed by atoms with Gasteiger partial charge in [0.2, 0.25) is 0 Å². The zero-order valence-corrected chi connectivity index (χ0v) is 10.7. The average molecular weight is 279 g/mol. The number of nitrogens with zero attached hydrogens (tertiary/aromatic N) is 1. The standard InChI is InChI=1S/C9H15BrN2OS/c1-6(5-13)3-11-7(2)9-12-4-8(10)14-9/h4,6-7,11,13H,3,5H2,1-2H3. The summed E-state index contributed by atoms with van der Waals surface area (Å²) in [4.78, 5) is 4.27. The molecule has 0 fully saturated rings. The van der Waals surface area contributed by atoms with Crippen LogP contribution in [0.3, 0.4) is 0 Å². The van der Waals surface area contributed by atoms with Crippen molar-refractivity contribution in [3.8, 4) is 0 Å². The number of aliphatic hydroxyl groups excluding tert-OH is 1. The Morgan fingerprint density at radius 1 is 1.64 bits per heavy atom. The van der Waals surface area contributed by atoms with Crippen LogP contribution >= 0.6 is 27.3 Å². The molecule has 2 N–H and O–H groups in total. The molecule has 0 amide bonds. The molecule has 0 aliphatic heterocycles. The first-order valence-electron chi connectivity index (χ1n) is 4.59. The second kappa shape index (κ2) is 5.80. The Balaban J connectivity index is 2.39. The molecule has 1 aromatic heterocycles. The second-order valence-electron chi connectivity index (χ2n) is 3.42. The molecule has 2 unspecified atom stereocenters. The Bertz CT molecular complexity index is 280. The lowest BCUT2D eigenvalue weighted by molar-refractivity contribution is 0.231. The van der Waals surface area contributed by atoms with E-state index in [0.29, 0.717) is 5.92 Å². The number of hydrogen-bond donors (Lipinski definition) is 2. The third kappa shape index (κ3) is 3.65. The van der Waals surface area contributed by atoms with Gasteiger partial charge in [-0.05, 0) is 28.8 Å². The molecular weight excluding hydrogens is 264 g/mol. The third-order valence-corrected chi connectivity index (χ3v) is 3.61. The maximum atomic E-state index is 8.86. The molecule has 14 heavy (non-hydrogen) atoms. The molecule has 1 heterocycles. The van der Waals surface area contributed by atoms with E-state index in [9.17, 15) is 0 Å². The maximum absolute atomic E-state index is 8.86. The van der Waals surface area contributed by atoms with Crippen LogP contribution in [0, 0.1) is 5.92 Å². The van der Waals surface area contributed by atoms with Gasteiger partial charge in [0.1, 0.15) is 5.01 Å². The first-order valence-corrected chi connectivity index (χ1v) is 6.20. The molecule has 0 radical (unpaired) electrons. The van der Waals surface area contributed by atoms with Crippen LogP contribution in [0.25, 0.3) is 0 Å². The van der Waals surface area contributed by atoms with Crippen molar-refractivity contribution in [2.75, 3.05) is 13.2 Å². The molecule has 0 aliphatic carbocycles. The Kier molecular flexibility index (Phi) is 5.01. The first-order chi connectivity index (χ1) is 6.63. The molecule has 80 valence electrons. The minimum atomic E-state index is 0.223. The molecule has 0 saturated heterocycles. The SMILES string of the molecule is CC(CO)CNC(C)c1ncc(Br)s1. The normalized spacial score (nSPS) is 15.4. The lowest BCUT2D eigenvalue weighted by Gasteiger charge is -2.14. The Labute approximate surface area is 96.7 Å². The van der Waals surface area contributed by atoms with Crippen molar-refractivity contribution in [2.24, 2.45) is 5.92 Å². The fraction of sp³-hybridized carbons (Fsp3) is 0.667. The van der Waals surface area contributed by atoms with Crippen molar-refractivity contribution < 1.29 is 5.11 Å². The van der Waals surface area contributed by atoms with E-state index in [4.69, 9.17) is 5.11 Å². The number of hydrogen-bond acceptors (Lipinski definition) is 4. The van der Waals surface area contributed by atoms with Gasteiger partial charge in [-0.15, -0.1) is 11.3 Å². The zero-order valence-electron chi connectivity index (χ0n) is 8.33. The van der Waals surface area contributed by atoms with Gasteiger partial charge in [-0.3, -0.25) is 0 Å². The molecule has 0 spiro atoms. The van der Waals surface area contributed by atoms with E-state index in [1.165, 1.54) is 0 Å². The number of halogens is 1. The van der Waals surface area contributed by atoms with E-state index in [2.05, 4.69) is 33.2 Å². The van der Waals surface area contributed by atoms with Crippen LogP contribution in [0.2, 0.25) is 0 Å². The summed E-state index contributed by atoms with van der Waals surface area (Å²) in [6, 6.07) is 0.250. The smallest absolute Gasteiger partial charge is 0.110 e. The predicted octanol–water partition coefficient (Wildman–Crippen LogP) is 2.18. The molecule has 0 saturated carbocycles. The van der Waals surface area contributed by atoms with Crippen LogP contribution in [-0.2, 0) is 0 Å². The van der Waals surface area contributed by atoms with E-state index >= 15 is 0 Å². The van der Waals surface area contributed by atoms with Crippen molar-refractivity contribution >= 4 is 27.3 Å². The van der Waals surface area contributed by atoms with Crippen molar-refractivity contribution in [1.29, 1.82) is 0 Å². The molecule has 0 aromatic carbocycles. The first kappa shape index (κ1) is 12.1. The molecule has 3 nitrogen and oxygen atoms in total. The minimum Gasteiger partial charge on any atom is -0.396 e. The van der Waals surface area contributed by atoms with Gasteiger partial charge >= 0.3 is 0 Å². The molecule has 5 heteroatoms. The lowest BCUT2D eigenvalue weighted by Crippen LogP contribution is -2.25. The van der Waals surface area contributed by atoms with Crippen molar-refractivity contribution in [3.63, 3.8) is 0 Å². The van der Waals surface area contributed by atoms with Crippen LogP contribution in [0.15, 0.2) is 9.98 Å². The predicted molar refractivity (Wildman–Crippen MR) is 62.5 cm³/mol. The van der Waals surface area contributed by atoms with Crippen LogP contribution in [-0.4, -0.2) is 23.2 Å². The van der Waals surface area contributed by atoms with Gasteiger partial charge in [-0.25, -0.2) is 4.98 Å². The highest BCUT2D eigenvalue weighted by Crippen LogP contribution is 2.23. The summed E-state index contributed by atoms with van der Waals surface area (Å²) >= 11 is 5.02. The lowest BCUT2D eigenvalue weighted by atomic mass is 10.2. The Morgan fingerprint density at radius 3 is 2.86 bits per heavy atom. The topological polar surface area (TPSA) is 45.1 Å². The summed E-state index contributed by atoms with van der Waals surface area (Å²) < 4.78 is 1.05. The number of thiazole rings is 1. The summed E-state index contributed by atoms with van der Waals surface area (Å²) in [5, 5.41) is 13.3. The summed E-state index contributed by atoms with van der Waals surface area (Å²) in [5.74, 6) is 0.292. The van der Waals surface area contributed by atoms with Crippen LogP contribution in [0.1, 0.15) is 24.9 Å². The molecule has 0 bridgehead atoms. The van der Waals surface area contributed by atoms with Gasteiger partial charge in [0, 0.05) is 13.2 Å². The van der Waals surface area contributed by atoms with E-state index < -0.39 is 0 Å². The number of aromatic nitrogens is 1. The van der Waals surface area contributed by atoms with Gasteiger partial charge in [0.15, 0.2) is 0 Å². The van der Waals surface area contributed by atoms with Crippen molar-refractivity contribution in [1.82, 2.24) is 10.3 Å². The van der Waals surface area contributed by atoms with E-state index in [1.807, 2.05) is 13.1 Å². The number of rotatable bonds is 5. The van der Waals surface area contributed by atoms with Gasteiger partial charge in [0.25, 0.3) is 0 Å². The highest BCUT2D eigenvalue weighted by atomic mass is 79.9. The van der Waals surface area contributed by atoms with E-state index in [-0.39, 0.29) is 12.6 Å². The quantitative estimate of drug-likeness (QED) is 0.868. The van der Waals surface area contributed by atoms with Gasteiger partial charge in [0.05, 0.1) is 16.0 Å². The van der Waals surface area contributed by atoms with Crippen LogP contribution in [0.4, 0.5) is 0 Å². The summed E-state index contributed by atoms with van der Waals surface area (Å²) in [6.45, 7) is 5.13. The fourth-order valence-electron chi connectivity index (χ4n) is 0.997. The highest BCUT2D eigenvalue weighted by Gasteiger charge is 2.10. The Morgan fingerprint density at radius 2 is 2.36 bits per heavy atom. The third-order valence-electron chi connectivity index (χ3n) is 1.95. The molecule has 1 aromatic rings. The summed E-state index contributed by atoms with van der Waals surface area (Å²) in [5.41, 5.74) is 0. The fourth-order valence-corrected chi connectivity index (χ4v) is 2.27. The number of aliphatic hydroxyl groups is 1. The summed E-state index contributed by atoms with van der Waals surface area (Å²) in [6.07, 6.45) is 1.81. The average Bonchev–Trinajstić information content (AvgIpc) is 2.60. The molecule has 2 atom stereocenters. The van der Waals surface area contributed by atoms with Gasteiger partial charge in [-0.1, -0.05) is 6.92 Å². The van der Waals surface area contributed by atoms with Gasteiger partial charge < -0.3 is 10.4 Å². The Hall–Kier alpha value is 0.0300. The van der Waals surface area contributed by atoms with E-state index in [1.54, 1.807) is 11.3 Å². The largest absolute Gasteiger partial charge is 0.396 e. The van der Waals surface area contributed by atoms with Crippen molar-refractivity contribution in [2.45, 2.75) is 19.9 Å². The van der Waals surface area contributed by atoms with Crippen LogP contribution < -0.4 is 5.32 Å². The van der Waals surface area contributed by atoms with Crippen LogP contribution in [0.5, 0.6) is 0 Å². The molecule has 0 aliphatic rings. The monoisotopic (exact) mass is 278 g/mol.